The third kappa shape index (κ3) is 11.8. The number of carbonyl (C=O) groups excluding carboxylic acids is 2. The van der Waals surface area contributed by atoms with Gasteiger partial charge in [-0.15, -0.1) is 12.4 Å². The van der Waals surface area contributed by atoms with Crippen LogP contribution in [0.25, 0.3) is 0 Å². The SMILES string of the molecule is COCCCOc1cc(C[C@@H](C[C@H](N)[C@@H](O)C[C@H](C(=O)NC[C@@H]2CCC(=O)N2)C(C)C)C(C)C)ccc1OC.Cl. The molecule has 2 rings (SSSR count). The maximum atomic E-state index is 12.9. The molecule has 1 saturated heterocycles. The van der Waals surface area contributed by atoms with E-state index in [0.717, 1.165) is 24.8 Å². The van der Waals surface area contributed by atoms with Gasteiger partial charge in [-0.25, -0.2) is 0 Å². The lowest BCUT2D eigenvalue weighted by atomic mass is 9.81. The number of carbonyl (C=O) groups is 2. The third-order valence-corrected chi connectivity index (χ3v) is 7.73. The van der Waals surface area contributed by atoms with Crippen molar-refractivity contribution in [2.24, 2.45) is 29.4 Å². The molecule has 0 radical (unpaired) electrons. The first-order chi connectivity index (χ1) is 18.5. The van der Waals surface area contributed by atoms with Crippen molar-refractivity contribution in [2.45, 2.75) is 84.4 Å². The van der Waals surface area contributed by atoms with Gasteiger partial charge >= 0.3 is 0 Å². The summed E-state index contributed by atoms with van der Waals surface area (Å²) < 4.78 is 16.5. The number of nitrogens with one attached hydrogen (secondary N) is 2. The largest absolute Gasteiger partial charge is 0.493 e. The van der Waals surface area contributed by atoms with Crippen LogP contribution in [0, 0.1) is 23.7 Å². The summed E-state index contributed by atoms with van der Waals surface area (Å²) in [4.78, 5) is 24.4. The van der Waals surface area contributed by atoms with Crippen LogP contribution in [0.5, 0.6) is 11.5 Å². The zero-order valence-corrected chi connectivity index (χ0v) is 25.9. The maximum Gasteiger partial charge on any atom is 0.223 e. The van der Waals surface area contributed by atoms with Crippen molar-refractivity contribution in [3.63, 3.8) is 0 Å². The summed E-state index contributed by atoms with van der Waals surface area (Å²) in [5.41, 5.74) is 7.65. The van der Waals surface area contributed by atoms with Crippen molar-refractivity contribution in [2.75, 3.05) is 34.0 Å². The fourth-order valence-corrected chi connectivity index (χ4v) is 5.05. The van der Waals surface area contributed by atoms with Gasteiger partial charge in [0.15, 0.2) is 11.5 Å². The van der Waals surface area contributed by atoms with E-state index in [-0.39, 0.29) is 48.0 Å². The standard InChI is InChI=1S/C30H51N3O6.ClH/c1-19(2)22(14-21-8-10-27(38-6)28(15-21)39-13-7-12-37-5)16-25(31)26(34)17-24(20(3)4)30(36)32-18-23-9-11-29(35)33-23;/h8,10,15,19-20,22-26,34H,7,9,11-14,16-18,31H2,1-6H3,(H,32,36)(H,33,35);1H/t22-,23-,24-,25-,26-;/m0./s1. The van der Waals surface area contributed by atoms with Crippen molar-refractivity contribution in [3.05, 3.63) is 23.8 Å². The Morgan fingerprint density at radius 3 is 2.42 bits per heavy atom. The predicted octanol–water partition coefficient (Wildman–Crippen LogP) is 3.48. The zero-order valence-electron chi connectivity index (χ0n) is 25.1. The van der Waals surface area contributed by atoms with E-state index in [0.29, 0.717) is 56.4 Å². The Hall–Kier alpha value is -2.07. The number of nitrogens with two attached hydrogens (primary N) is 1. The van der Waals surface area contributed by atoms with E-state index in [1.165, 1.54) is 0 Å². The number of amides is 2. The molecule has 230 valence electrons. The van der Waals surface area contributed by atoms with Crippen LogP contribution in [0.1, 0.15) is 65.4 Å². The van der Waals surface area contributed by atoms with E-state index >= 15 is 0 Å². The number of halogens is 1. The quantitative estimate of drug-likeness (QED) is 0.194. The van der Waals surface area contributed by atoms with Gasteiger partial charge in [0.1, 0.15) is 0 Å². The van der Waals surface area contributed by atoms with E-state index in [4.69, 9.17) is 19.9 Å². The molecule has 5 N–H and O–H groups in total. The van der Waals surface area contributed by atoms with Crippen molar-refractivity contribution >= 4 is 24.2 Å². The Balaban J connectivity index is 0.00000800. The van der Waals surface area contributed by atoms with Crippen molar-refractivity contribution in [1.82, 2.24) is 10.6 Å². The lowest BCUT2D eigenvalue weighted by Gasteiger charge is -2.30. The average Bonchev–Trinajstić information content (AvgIpc) is 3.32. The van der Waals surface area contributed by atoms with Crippen LogP contribution in [-0.4, -0.2) is 69.1 Å². The minimum Gasteiger partial charge on any atom is -0.493 e. The summed E-state index contributed by atoms with van der Waals surface area (Å²) in [5.74, 6) is 1.60. The molecular formula is C30H52ClN3O6. The summed E-state index contributed by atoms with van der Waals surface area (Å²) in [6, 6.07) is 5.51. The van der Waals surface area contributed by atoms with Gasteiger partial charge in [0.05, 0.1) is 19.8 Å². The molecule has 2 amide bonds. The second-order valence-electron chi connectivity index (χ2n) is 11.5. The lowest BCUT2D eigenvalue weighted by Crippen LogP contribution is -2.45. The second kappa shape index (κ2) is 18.4. The van der Waals surface area contributed by atoms with Crippen molar-refractivity contribution in [1.29, 1.82) is 0 Å². The number of hydrogen-bond acceptors (Lipinski definition) is 7. The number of methoxy groups -OCH3 is 2. The first kappa shape index (κ1) is 36.0. The molecule has 0 bridgehead atoms. The Bertz CT molecular complexity index is 900. The molecule has 40 heavy (non-hydrogen) atoms. The molecule has 0 saturated carbocycles. The Morgan fingerprint density at radius 2 is 1.85 bits per heavy atom. The molecule has 1 aliphatic rings. The molecule has 10 heteroatoms. The number of rotatable bonds is 18. The van der Waals surface area contributed by atoms with Gasteiger partial charge in [0.25, 0.3) is 0 Å². The van der Waals surface area contributed by atoms with Gasteiger partial charge in [-0.05, 0) is 61.1 Å². The molecular weight excluding hydrogens is 534 g/mol. The molecule has 1 fully saturated rings. The highest BCUT2D eigenvalue weighted by molar-refractivity contribution is 5.85. The molecule has 0 unspecified atom stereocenters. The van der Waals surface area contributed by atoms with Crippen LogP contribution >= 0.6 is 12.4 Å². The van der Waals surface area contributed by atoms with Gasteiger partial charge in [-0.2, -0.15) is 0 Å². The molecule has 0 spiro atoms. The van der Waals surface area contributed by atoms with Crippen LogP contribution in [-0.2, 0) is 20.7 Å². The van der Waals surface area contributed by atoms with Crippen molar-refractivity contribution in [3.8, 4) is 11.5 Å². The topological polar surface area (TPSA) is 132 Å². The minimum absolute atomic E-state index is 0. The van der Waals surface area contributed by atoms with Gasteiger partial charge in [-0.1, -0.05) is 33.8 Å². The fraction of sp³-hybridized carbons (Fsp3) is 0.733. The van der Waals surface area contributed by atoms with Crippen LogP contribution < -0.4 is 25.8 Å². The number of hydrogen-bond donors (Lipinski definition) is 4. The van der Waals surface area contributed by atoms with E-state index in [9.17, 15) is 14.7 Å². The highest BCUT2D eigenvalue weighted by atomic mass is 35.5. The van der Waals surface area contributed by atoms with Crippen molar-refractivity contribution < 1.29 is 28.9 Å². The van der Waals surface area contributed by atoms with E-state index in [1.807, 2.05) is 32.0 Å². The number of ether oxygens (including phenoxy) is 3. The lowest BCUT2D eigenvalue weighted by molar-refractivity contribution is -0.128. The summed E-state index contributed by atoms with van der Waals surface area (Å²) in [6.07, 6.45) is 2.94. The Kier molecular flexibility index (Phi) is 16.5. The molecule has 0 aromatic heterocycles. The Morgan fingerprint density at radius 1 is 1.12 bits per heavy atom. The van der Waals surface area contributed by atoms with Crippen LogP contribution in [0.15, 0.2) is 18.2 Å². The van der Waals surface area contributed by atoms with Gasteiger partial charge < -0.3 is 35.7 Å². The number of benzene rings is 1. The molecule has 1 heterocycles. The third-order valence-electron chi connectivity index (χ3n) is 7.73. The second-order valence-corrected chi connectivity index (χ2v) is 11.5. The predicted molar refractivity (Wildman–Crippen MR) is 160 cm³/mol. The van der Waals surface area contributed by atoms with Gasteiger partial charge in [0.2, 0.25) is 11.8 Å². The minimum atomic E-state index is -0.800. The molecule has 5 atom stereocenters. The van der Waals surface area contributed by atoms with E-state index in [1.54, 1.807) is 14.2 Å². The Labute approximate surface area is 246 Å². The summed E-state index contributed by atoms with van der Waals surface area (Å²) in [7, 11) is 3.30. The average molecular weight is 586 g/mol. The summed E-state index contributed by atoms with van der Waals surface area (Å²) in [5, 5.41) is 16.9. The molecule has 0 aliphatic carbocycles. The highest BCUT2D eigenvalue weighted by Crippen LogP contribution is 2.31. The molecule has 1 aromatic rings. The summed E-state index contributed by atoms with van der Waals surface area (Å²) >= 11 is 0. The highest BCUT2D eigenvalue weighted by Gasteiger charge is 2.30. The van der Waals surface area contributed by atoms with E-state index < -0.39 is 12.1 Å². The summed E-state index contributed by atoms with van der Waals surface area (Å²) in [6.45, 7) is 9.88. The normalized spacial score (nSPS) is 18.1. The first-order valence-electron chi connectivity index (χ1n) is 14.3. The fourth-order valence-electron chi connectivity index (χ4n) is 5.05. The van der Waals surface area contributed by atoms with Crippen LogP contribution in [0.2, 0.25) is 0 Å². The number of aliphatic hydroxyl groups excluding tert-OH is 1. The molecule has 1 aromatic carbocycles. The maximum absolute atomic E-state index is 12.9. The van der Waals surface area contributed by atoms with Gasteiger partial charge in [-0.3, -0.25) is 9.59 Å². The number of aliphatic hydroxyl groups is 1. The molecule has 1 aliphatic heterocycles. The first-order valence-corrected chi connectivity index (χ1v) is 14.3. The van der Waals surface area contributed by atoms with Gasteiger partial charge in [0, 0.05) is 51.1 Å². The zero-order chi connectivity index (χ0) is 28.9. The van der Waals surface area contributed by atoms with Crippen LogP contribution in [0.3, 0.4) is 0 Å². The van der Waals surface area contributed by atoms with Crippen LogP contribution in [0.4, 0.5) is 0 Å². The smallest absolute Gasteiger partial charge is 0.223 e. The monoisotopic (exact) mass is 585 g/mol. The van der Waals surface area contributed by atoms with E-state index in [2.05, 4.69) is 24.5 Å². The molecule has 9 nitrogen and oxygen atoms in total.